The van der Waals surface area contributed by atoms with Gasteiger partial charge in [-0.1, -0.05) is 24.3 Å². The van der Waals surface area contributed by atoms with E-state index in [-0.39, 0.29) is 13.2 Å². The molecule has 0 aliphatic rings. The minimum Gasteiger partial charge on any atom is -0.456 e. The number of ether oxygens (including phenoxy) is 1. The number of hydrogen-bond donors (Lipinski definition) is 1. The largest absolute Gasteiger partial charge is 0.456 e. The summed E-state index contributed by atoms with van der Waals surface area (Å²) < 4.78 is 5.31. The molecular weight excluding hydrogens is 292 g/mol. The smallest absolute Gasteiger partial charge is 0.338 e. The van der Waals surface area contributed by atoms with E-state index in [0.717, 1.165) is 22.3 Å². The zero-order valence-electron chi connectivity index (χ0n) is 12.7. The first-order valence-electron chi connectivity index (χ1n) is 7.26. The van der Waals surface area contributed by atoms with Crippen molar-refractivity contribution in [2.75, 3.05) is 0 Å². The third-order valence-corrected chi connectivity index (χ3v) is 3.56. The molecule has 0 spiro atoms. The minimum atomic E-state index is -0.427. The van der Waals surface area contributed by atoms with Gasteiger partial charge in [0.15, 0.2) is 0 Å². The molecule has 0 saturated carbocycles. The second-order valence-electron chi connectivity index (χ2n) is 5.18. The maximum atomic E-state index is 12.1. The highest BCUT2D eigenvalue weighted by atomic mass is 16.5. The van der Waals surface area contributed by atoms with Gasteiger partial charge in [-0.05, 0) is 36.8 Å². The quantitative estimate of drug-likeness (QED) is 0.750. The Morgan fingerprint density at radius 1 is 1.04 bits per heavy atom. The van der Waals surface area contributed by atoms with E-state index in [1.165, 1.54) is 0 Å². The fraction of sp³-hybridized carbons (Fsp3) is 0.167. The number of carbonyl (C=O) groups is 1. The third-order valence-electron chi connectivity index (χ3n) is 3.56. The third kappa shape index (κ3) is 3.35. The summed E-state index contributed by atoms with van der Waals surface area (Å²) in [5, 5.41) is 9.00. The van der Waals surface area contributed by atoms with E-state index in [9.17, 15) is 4.79 Å². The molecule has 2 aromatic carbocycles. The highest BCUT2D eigenvalue weighted by molar-refractivity contribution is 5.89. The van der Waals surface area contributed by atoms with Crippen LogP contribution in [-0.4, -0.2) is 21.0 Å². The summed E-state index contributed by atoms with van der Waals surface area (Å²) in [5.41, 5.74) is 4.17. The molecule has 116 valence electrons. The number of carbonyl (C=O) groups excluding carboxylic acids is 1. The molecule has 3 rings (SSSR count). The van der Waals surface area contributed by atoms with Crippen LogP contribution in [0.3, 0.4) is 0 Å². The molecule has 0 amide bonds. The second kappa shape index (κ2) is 6.54. The van der Waals surface area contributed by atoms with Crippen LogP contribution in [0.4, 0.5) is 0 Å². The predicted molar refractivity (Wildman–Crippen MR) is 85.8 cm³/mol. The van der Waals surface area contributed by atoms with Gasteiger partial charge in [0.05, 0.1) is 34.6 Å². The number of benzene rings is 2. The van der Waals surface area contributed by atoms with Crippen molar-refractivity contribution in [2.24, 2.45) is 0 Å². The molecular formula is C18H16N2O3. The highest BCUT2D eigenvalue weighted by Gasteiger charge is 2.10. The predicted octanol–water partition coefficient (Wildman–Crippen LogP) is 2.79. The molecule has 1 N–H and O–H groups in total. The summed E-state index contributed by atoms with van der Waals surface area (Å²) >= 11 is 0. The van der Waals surface area contributed by atoms with Crippen LogP contribution in [0.5, 0.6) is 0 Å². The molecule has 5 nitrogen and oxygen atoms in total. The summed E-state index contributed by atoms with van der Waals surface area (Å²) in [6, 6.07) is 14.2. The maximum absolute atomic E-state index is 12.1. The average molecular weight is 308 g/mol. The van der Waals surface area contributed by atoms with E-state index in [1.807, 2.05) is 31.2 Å². The fourth-order valence-corrected chi connectivity index (χ4v) is 2.22. The number of esters is 1. The van der Waals surface area contributed by atoms with E-state index >= 15 is 0 Å². The van der Waals surface area contributed by atoms with Crippen molar-refractivity contribution in [3.63, 3.8) is 0 Å². The number of aliphatic hydroxyl groups excluding tert-OH is 1. The van der Waals surface area contributed by atoms with Crippen molar-refractivity contribution in [3.05, 3.63) is 71.0 Å². The Morgan fingerprint density at radius 2 is 1.70 bits per heavy atom. The van der Waals surface area contributed by atoms with Crippen molar-refractivity contribution < 1.29 is 14.6 Å². The van der Waals surface area contributed by atoms with Crippen LogP contribution in [0, 0.1) is 6.92 Å². The van der Waals surface area contributed by atoms with E-state index in [0.29, 0.717) is 11.3 Å². The Hall–Kier alpha value is -2.79. The number of aliphatic hydroxyl groups is 1. The Bertz CT molecular complexity index is 845. The Kier molecular flexibility index (Phi) is 4.30. The number of para-hydroxylation sites is 2. The van der Waals surface area contributed by atoms with Crippen LogP contribution < -0.4 is 0 Å². The van der Waals surface area contributed by atoms with Crippen LogP contribution in [-0.2, 0) is 18.0 Å². The summed E-state index contributed by atoms with van der Waals surface area (Å²) in [6.07, 6.45) is 0. The normalized spacial score (nSPS) is 10.7. The summed E-state index contributed by atoms with van der Waals surface area (Å²) in [7, 11) is 0. The average Bonchev–Trinajstić information content (AvgIpc) is 2.59. The number of fused-ring (bicyclic) bond motifs is 1. The summed E-state index contributed by atoms with van der Waals surface area (Å²) in [5.74, 6) is -0.427. The molecule has 0 saturated heterocycles. The number of rotatable bonds is 4. The number of nitrogens with zero attached hydrogens (tertiary/aromatic N) is 2. The van der Waals surface area contributed by atoms with Crippen molar-refractivity contribution >= 4 is 17.0 Å². The van der Waals surface area contributed by atoms with Crippen molar-refractivity contribution in [3.8, 4) is 0 Å². The molecule has 1 aromatic heterocycles. The van der Waals surface area contributed by atoms with Crippen molar-refractivity contribution in [2.45, 2.75) is 20.1 Å². The van der Waals surface area contributed by atoms with Gasteiger partial charge < -0.3 is 9.84 Å². The first-order valence-corrected chi connectivity index (χ1v) is 7.26. The van der Waals surface area contributed by atoms with Gasteiger partial charge in [0.2, 0.25) is 0 Å². The van der Waals surface area contributed by atoms with Gasteiger partial charge in [0.25, 0.3) is 0 Å². The lowest BCUT2D eigenvalue weighted by Crippen LogP contribution is -2.08. The van der Waals surface area contributed by atoms with E-state index < -0.39 is 5.97 Å². The number of hydrogen-bond acceptors (Lipinski definition) is 5. The summed E-state index contributed by atoms with van der Waals surface area (Å²) in [4.78, 5) is 21.0. The second-order valence-corrected chi connectivity index (χ2v) is 5.18. The summed E-state index contributed by atoms with van der Waals surface area (Å²) in [6.45, 7) is 1.87. The molecule has 23 heavy (non-hydrogen) atoms. The first-order chi connectivity index (χ1) is 11.2. The van der Waals surface area contributed by atoms with Gasteiger partial charge in [-0.15, -0.1) is 0 Å². The van der Waals surface area contributed by atoms with Gasteiger partial charge in [-0.2, -0.15) is 0 Å². The van der Waals surface area contributed by atoms with Gasteiger partial charge in [0, 0.05) is 0 Å². The molecule has 3 aromatic rings. The van der Waals surface area contributed by atoms with E-state index in [4.69, 9.17) is 9.84 Å². The fourth-order valence-electron chi connectivity index (χ4n) is 2.22. The van der Waals surface area contributed by atoms with Gasteiger partial charge >= 0.3 is 5.97 Å². The minimum absolute atomic E-state index is 0.0544. The lowest BCUT2D eigenvalue weighted by atomic mass is 10.1. The first kappa shape index (κ1) is 15.1. The van der Waals surface area contributed by atoms with Crippen molar-refractivity contribution in [1.29, 1.82) is 0 Å². The maximum Gasteiger partial charge on any atom is 0.338 e. The highest BCUT2D eigenvalue weighted by Crippen LogP contribution is 2.14. The lowest BCUT2D eigenvalue weighted by Gasteiger charge is -2.08. The topological polar surface area (TPSA) is 72.3 Å². The SMILES string of the molecule is Cc1nc2ccccc2nc1COC(=O)c1ccc(CO)cc1. The molecule has 0 bridgehead atoms. The standard InChI is InChI=1S/C18H16N2O3/c1-12-17(20-16-5-3-2-4-15(16)19-12)11-23-18(22)14-8-6-13(10-21)7-9-14/h2-9,21H,10-11H2,1H3. The van der Waals surface area contributed by atoms with Crippen LogP contribution in [0.2, 0.25) is 0 Å². The van der Waals surface area contributed by atoms with Crippen LogP contribution >= 0.6 is 0 Å². The molecule has 0 unspecified atom stereocenters. The molecule has 0 aliphatic heterocycles. The molecule has 1 heterocycles. The molecule has 0 fully saturated rings. The number of aryl methyl sites for hydroxylation is 1. The Morgan fingerprint density at radius 3 is 2.35 bits per heavy atom. The molecule has 5 heteroatoms. The Labute approximate surface area is 133 Å². The van der Waals surface area contributed by atoms with Gasteiger partial charge in [-0.3, -0.25) is 0 Å². The van der Waals surface area contributed by atoms with Gasteiger partial charge in [0.1, 0.15) is 6.61 Å². The Balaban J connectivity index is 1.74. The lowest BCUT2D eigenvalue weighted by molar-refractivity contribution is 0.0467. The van der Waals surface area contributed by atoms with Crippen LogP contribution in [0.1, 0.15) is 27.3 Å². The van der Waals surface area contributed by atoms with E-state index in [2.05, 4.69) is 9.97 Å². The molecule has 0 radical (unpaired) electrons. The zero-order chi connectivity index (χ0) is 16.2. The van der Waals surface area contributed by atoms with E-state index in [1.54, 1.807) is 24.3 Å². The van der Waals surface area contributed by atoms with Gasteiger partial charge in [-0.25, -0.2) is 14.8 Å². The van der Waals surface area contributed by atoms with Crippen LogP contribution in [0.25, 0.3) is 11.0 Å². The molecule has 0 atom stereocenters. The van der Waals surface area contributed by atoms with Crippen LogP contribution in [0.15, 0.2) is 48.5 Å². The molecule has 0 aliphatic carbocycles. The van der Waals surface area contributed by atoms with Crippen molar-refractivity contribution in [1.82, 2.24) is 9.97 Å². The zero-order valence-corrected chi connectivity index (χ0v) is 12.7. The number of aromatic nitrogens is 2. The monoisotopic (exact) mass is 308 g/mol.